The summed E-state index contributed by atoms with van der Waals surface area (Å²) in [6.45, 7) is 2.84. The number of nitrogens with two attached hydrogens (primary N) is 1. The second-order valence-electron chi connectivity index (χ2n) is 5.92. The van der Waals surface area contributed by atoms with Gasteiger partial charge in [-0.1, -0.05) is 6.92 Å². The predicted molar refractivity (Wildman–Crippen MR) is 80.1 cm³/mol. The van der Waals surface area contributed by atoms with Gasteiger partial charge in [-0.25, -0.2) is 0 Å². The van der Waals surface area contributed by atoms with Gasteiger partial charge in [-0.2, -0.15) is 0 Å². The highest BCUT2D eigenvalue weighted by Crippen LogP contribution is 2.26. The molecule has 0 aliphatic heterocycles. The van der Waals surface area contributed by atoms with E-state index in [4.69, 9.17) is 5.73 Å². The van der Waals surface area contributed by atoms with Crippen LogP contribution in [0.5, 0.6) is 0 Å². The van der Waals surface area contributed by atoms with E-state index in [0.29, 0.717) is 24.9 Å². The van der Waals surface area contributed by atoms with Gasteiger partial charge in [0.15, 0.2) is 0 Å². The molecule has 0 unspecified atom stereocenters. The maximum absolute atomic E-state index is 12.0. The van der Waals surface area contributed by atoms with Gasteiger partial charge in [0.05, 0.1) is 6.54 Å². The fourth-order valence-electron chi connectivity index (χ4n) is 2.62. The molecule has 20 heavy (non-hydrogen) atoms. The zero-order valence-electron chi connectivity index (χ0n) is 12.9. The molecule has 116 valence electrons. The number of rotatable bonds is 7. The van der Waals surface area contributed by atoms with E-state index < -0.39 is 0 Å². The summed E-state index contributed by atoms with van der Waals surface area (Å²) in [5, 5.41) is 2.78. The van der Waals surface area contributed by atoms with Gasteiger partial charge < -0.3 is 16.0 Å². The molecule has 1 fully saturated rings. The molecule has 1 aliphatic rings. The lowest BCUT2D eigenvalue weighted by Crippen LogP contribution is -2.38. The Bertz CT molecular complexity index is 312. The van der Waals surface area contributed by atoms with Gasteiger partial charge in [0, 0.05) is 26.1 Å². The number of hydrogen-bond donors (Lipinski definition) is 2. The quantitative estimate of drug-likeness (QED) is 0.739. The molecule has 0 aromatic rings. The molecule has 0 aromatic heterocycles. The van der Waals surface area contributed by atoms with Crippen molar-refractivity contribution in [3.63, 3.8) is 0 Å². The Hall–Kier alpha value is -1.10. The topological polar surface area (TPSA) is 75.4 Å². The van der Waals surface area contributed by atoms with E-state index in [1.165, 1.54) is 4.90 Å². The number of likely N-dealkylation sites (N-methyl/N-ethyl adjacent to an activating group) is 1. The SMILES string of the molecule is CCCNC(=O)CN(C)C(=O)CCC1CCC(N)CC1. The fourth-order valence-corrected chi connectivity index (χ4v) is 2.62. The van der Waals surface area contributed by atoms with Gasteiger partial charge in [0.2, 0.25) is 11.8 Å². The minimum Gasteiger partial charge on any atom is -0.355 e. The lowest BCUT2D eigenvalue weighted by Gasteiger charge is -2.26. The van der Waals surface area contributed by atoms with Gasteiger partial charge >= 0.3 is 0 Å². The smallest absolute Gasteiger partial charge is 0.239 e. The molecule has 2 amide bonds. The first-order valence-corrected chi connectivity index (χ1v) is 7.79. The van der Waals surface area contributed by atoms with Crippen molar-refractivity contribution in [3.8, 4) is 0 Å². The molecule has 3 N–H and O–H groups in total. The van der Waals surface area contributed by atoms with Crippen molar-refractivity contribution in [1.82, 2.24) is 10.2 Å². The molecule has 0 saturated heterocycles. The van der Waals surface area contributed by atoms with E-state index in [1.54, 1.807) is 7.05 Å². The van der Waals surface area contributed by atoms with E-state index in [-0.39, 0.29) is 18.4 Å². The van der Waals surface area contributed by atoms with Crippen LogP contribution in [0, 0.1) is 5.92 Å². The summed E-state index contributed by atoms with van der Waals surface area (Å²) in [5.41, 5.74) is 5.88. The third-order valence-corrected chi connectivity index (χ3v) is 4.04. The molecular formula is C15H29N3O2. The second kappa shape index (κ2) is 8.95. The van der Waals surface area contributed by atoms with Crippen LogP contribution in [-0.2, 0) is 9.59 Å². The molecule has 0 spiro atoms. The van der Waals surface area contributed by atoms with Crippen molar-refractivity contribution >= 4 is 11.8 Å². The molecule has 5 heteroatoms. The Morgan fingerprint density at radius 2 is 1.90 bits per heavy atom. The first-order chi connectivity index (χ1) is 9.52. The van der Waals surface area contributed by atoms with Gasteiger partial charge in [-0.3, -0.25) is 9.59 Å². The lowest BCUT2D eigenvalue weighted by molar-refractivity contribution is -0.135. The minimum atomic E-state index is -0.0775. The zero-order chi connectivity index (χ0) is 15.0. The molecular weight excluding hydrogens is 254 g/mol. The summed E-state index contributed by atoms with van der Waals surface area (Å²) >= 11 is 0. The van der Waals surface area contributed by atoms with Crippen LogP contribution in [0.3, 0.4) is 0 Å². The Balaban J connectivity index is 2.19. The molecule has 0 bridgehead atoms. The van der Waals surface area contributed by atoms with E-state index >= 15 is 0 Å². The fraction of sp³-hybridized carbons (Fsp3) is 0.867. The van der Waals surface area contributed by atoms with Gasteiger partial charge in [-0.05, 0) is 44.4 Å². The summed E-state index contributed by atoms with van der Waals surface area (Å²) in [6, 6.07) is 0.354. The van der Waals surface area contributed by atoms with Crippen LogP contribution >= 0.6 is 0 Å². The van der Waals surface area contributed by atoms with Crippen LogP contribution in [0.2, 0.25) is 0 Å². The van der Waals surface area contributed by atoms with Crippen LogP contribution in [-0.4, -0.2) is 42.9 Å². The van der Waals surface area contributed by atoms with E-state index in [9.17, 15) is 9.59 Å². The highest BCUT2D eigenvalue weighted by atomic mass is 16.2. The minimum absolute atomic E-state index is 0.0616. The molecule has 1 rings (SSSR count). The Morgan fingerprint density at radius 3 is 2.50 bits per heavy atom. The van der Waals surface area contributed by atoms with Crippen LogP contribution in [0.1, 0.15) is 51.9 Å². The molecule has 1 aliphatic carbocycles. The number of carbonyl (C=O) groups is 2. The number of hydrogen-bond acceptors (Lipinski definition) is 3. The Labute approximate surface area is 122 Å². The number of carbonyl (C=O) groups excluding carboxylic acids is 2. The van der Waals surface area contributed by atoms with Crippen LogP contribution in [0.15, 0.2) is 0 Å². The zero-order valence-corrected chi connectivity index (χ0v) is 12.9. The third kappa shape index (κ3) is 6.37. The van der Waals surface area contributed by atoms with Crippen LogP contribution < -0.4 is 11.1 Å². The maximum atomic E-state index is 12.0. The van der Waals surface area contributed by atoms with Gasteiger partial charge in [0.25, 0.3) is 0 Å². The first kappa shape index (κ1) is 17.0. The Morgan fingerprint density at radius 1 is 1.25 bits per heavy atom. The van der Waals surface area contributed by atoms with Crippen molar-refractivity contribution in [3.05, 3.63) is 0 Å². The summed E-state index contributed by atoms with van der Waals surface area (Å²) in [5.74, 6) is 0.610. The number of nitrogens with zero attached hydrogens (tertiary/aromatic N) is 1. The van der Waals surface area contributed by atoms with Crippen molar-refractivity contribution < 1.29 is 9.59 Å². The standard InChI is InChI=1S/C15H29N3O2/c1-3-10-17-14(19)11-18(2)15(20)9-6-12-4-7-13(16)8-5-12/h12-13H,3-11,16H2,1-2H3,(H,17,19). The second-order valence-corrected chi connectivity index (χ2v) is 5.92. The highest BCUT2D eigenvalue weighted by Gasteiger charge is 2.20. The van der Waals surface area contributed by atoms with Crippen LogP contribution in [0.25, 0.3) is 0 Å². The van der Waals surface area contributed by atoms with E-state index in [1.807, 2.05) is 6.92 Å². The van der Waals surface area contributed by atoms with E-state index in [0.717, 1.165) is 38.5 Å². The molecule has 0 aromatic carbocycles. The van der Waals surface area contributed by atoms with Gasteiger partial charge in [0.1, 0.15) is 0 Å². The normalized spacial score (nSPS) is 22.4. The number of nitrogens with one attached hydrogen (secondary N) is 1. The van der Waals surface area contributed by atoms with Crippen molar-refractivity contribution in [2.75, 3.05) is 20.1 Å². The average Bonchev–Trinajstić information content (AvgIpc) is 2.44. The Kier molecular flexibility index (Phi) is 7.59. The first-order valence-electron chi connectivity index (χ1n) is 7.79. The largest absolute Gasteiger partial charge is 0.355 e. The summed E-state index contributed by atoms with van der Waals surface area (Å²) < 4.78 is 0. The molecule has 1 saturated carbocycles. The molecule has 0 heterocycles. The molecule has 0 radical (unpaired) electrons. The predicted octanol–water partition coefficient (Wildman–Crippen LogP) is 1.27. The van der Waals surface area contributed by atoms with E-state index in [2.05, 4.69) is 5.32 Å². The third-order valence-electron chi connectivity index (χ3n) is 4.04. The average molecular weight is 283 g/mol. The monoisotopic (exact) mass is 283 g/mol. The number of amides is 2. The van der Waals surface area contributed by atoms with Crippen molar-refractivity contribution in [2.45, 2.75) is 57.9 Å². The molecule has 0 atom stereocenters. The highest BCUT2D eigenvalue weighted by molar-refractivity contribution is 5.84. The lowest BCUT2D eigenvalue weighted by atomic mass is 9.84. The van der Waals surface area contributed by atoms with Crippen molar-refractivity contribution in [1.29, 1.82) is 0 Å². The maximum Gasteiger partial charge on any atom is 0.239 e. The summed E-state index contributed by atoms with van der Waals surface area (Å²) in [7, 11) is 1.70. The van der Waals surface area contributed by atoms with Gasteiger partial charge in [-0.15, -0.1) is 0 Å². The summed E-state index contributed by atoms with van der Waals surface area (Å²) in [4.78, 5) is 25.0. The molecule has 5 nitrogen and oxygen atoms in total. The van der Waals surface area contributed by atoms with Crippen molar-refractivity contribution in [2.24, 2.45) is 11.7 Å². The van der Waals surface area contributed by atoms with Crippen LogP contribution in [0.4, 0.5) is 0 Å². The summed E-state index contributed by atoms with van der Waals surface area (Å²) in [6.07, 6.45) is 6.80.